The van der Waals surface area contributed by atoms with Gasteiger partial charge in [-0.2, -0.15) is 0 Å². The van der Waals surface area contributed by atoms with Crippen LogP contribution in [0.4, 0.5) is 5.69 Å². The number of anilines is 1. The van der Waals surface area contributed by atoms with Crippen molar-refractivity contribution in [1.82, 2.24) is 10.2 Å². The summed E-state index contributed by atoms with van der Waals surface area (Å²) in [5, 5.41) is 2.61. The maximum Gasteiger partial charge on any atom is 0.244 e. The molecule has 0 aliphatic rings. The van der Waals surface area contributed by atoms with Crippen LogP contribution in [0.15, 0.2) is 84.9 Å². The molecular weight excluding hydrogens is 490 g/mol. The third-order valence-corrected chi connectivity index (χ3v) is 7.04. The monoisotopic (exact) mass is 523 g/mol. The van der Waals surface area contributed by atoms with E-state index in [1.165, 1.54) is 11.9 Å². The van der Waals surface area contributed by atoms with Gasteiger partial charge < -0.3 is 15.0 Å². The average Bonchev–Trinajstić information content (AvgIpc) is 2.90. The van der Waals surface area contributed by atoms with E-state index in [1.807, 2.05) is 67.6 Å². The molecule has 0 aliphatic heterocycles. The maximum absolute atomic E-state index is 13.5. The topological polar surface area (TPSA) is 96.0 Å². The Labute approximate surface area is 218 Å². The number of sulfonamides is 1. The van der Waals surface area contributed by atoms with Crippen molar-refractivity contribution in [2.75, 3.05) is 30.7 Å². The summed E-state index contributed by atoms with van der Waals surface area (Å²) < 4.78 is 32.3. The van der Waals surface area contributed by atoms with E-state index in [4.69, 9.17) is 4.74 Å². The van der Waals surface area contributed by atoms with E-state index in [1.54, 1.807) is 24.3 Å². The standard InChI is InChI=1S/C28H33N3O5S/c1-4-26(28(33)29-2)30(20-19-22-11-7-5-8-12-22)27(32)21-31(37(3,34)35)23-15-17-25(18-16-23)36-24-13-9-6-10-14-24/h5-18,26H,4,19-21H2,1-3H3,(H,29,33)/t26-/m1/s1. The minimum absolute atomic E-state index is 0.274. The predicted molar refractivity (Wildman–Crippen MR) is 145 cm³/mol. The lowest BCUT2D eigenvalue weighted by molar-refractivity contribution is -0.139. The second-order valence-corrected chi connectivity index (χ2v) is 10.4. The van der Waals surface area contributed by atoms with Crippen molar-refractivity contribution in [2.45, 2.75) is 25.8 Å². The van der Waals surface area contributed by atoms with Crippen LogP contribution in [0, 0.1) is 0 Å². The van der Waals surface area contributed by atoms with Crippen molar-refractivity contribution in [3.05, 3.63) is 90.5 Å². The van der Waals surface area contributed by atoms with Crippen molar-refractivity contribution in [3.63, 3.8) is 0 Å². The van der Waals surface area contributed by atoms with Crippen LogP contribution in [0.2, 0.25) is 0 Å². The molecule has 0 aliphatic carbocycles. The van der Waals surface area contributed by atoms with Gasteiger partial charge in [0.05, 0.1) is 11.9 Å². The van der Waals surface area contributed by atoms with Gasteiger partial charge in [0, 0.05) is 13.6 Å². The first-order valence-corrected chi connectivity index (χ1v) is 13.9. The molecule has 0 radical (unpaired) electrons. The Morgan fingerprint density at radius 2 is 1.46 bits per heavy atom. The van der Waals surface area contributed by atoms with E-state index in [0.717, 1.165) is 16.1 Å². The summed E-state index contributed by atoms with van der Waals surface area (Å²) in [5.74, 6) is 0.433. The Kier molecular flexibility index (Phi) is 9.68. The molecule has 0 saturated carbocycles. The third kappa shape index (κ3) is 7.82. The second-order valence-electron chi connectivity index (χ2n) is 8.54. The van der Waals surface area contributed by atoms with E-state index >= 15 is 0 Å². The average molecular weight is 524 g/mol. The number of nitrogens with zero attached hydrogens (tertiary/aromatic N) is 2. The SMILES string of the molecule is CC[C@H](C(=O)NC)N(CCc1ccccc1)C(=O)CN(c1ccc(Oc2ccccc2)cc1)S(C)(=O)=O. The molecule has 0 spiro atoms. The zero-order valence-corrected chi connectivity index (χ0v) is 22.1. The van der Waals surface area contributed by atoms with Gasteiger partial charge in [0.2, 0.25) is 21.8 Å². The highest BCUT2D eigenvalue weighted by Crippen LogP contribution is 2.26. The number of benzene rings is 3. The van der Waals surface area contributed by atoms with Gasteiger partial charge in [-0.1, -0.05) is 55.5 Å². The number of hydrogen-bond acceptors (Lipinski definition) is 5. The molecule has 0 heterocycles. The first kappa shape index (κ1) is 27.7. The molecular formula is C28H33N3O5S. The molecule has 37 heavy (non-hydrogen) atoms. The molecule has 0 bridgehead atoms. The van der Waals surface area contributed by atoms with Crippen molar-refractivity contribution >= 4 is 27.5 Å². The van der Waals surface area contributed by atoms with Gasteiger partial charge >= 0.3 is 0 Å². The number of carbonyl (C=O) groups is 2. The number of amides is 2. The molecule has 2 amide bonds. The Hall–Kier alpha value is -3.85. The molecule has 3 rings (SSSR count). The fourth-order valence-corrected chi connectivity index (χ4v) is 4.83. The fraction of sp³-hybridized carbons (Fsp3) is 0.286. The van der Waals surface area contributed by atoms with E-state index < -0.39 is 28.5 Å². The molecule has 3 aromatic carbocycles. The summed E-state index contributed by atoms with van der Waals surface area (Å²) in [6.45, 7) is 1.67. The Bertz CT molecular complexity index is 1270. The predicted octanol–water partition coefficient (Wildman–Crippen LogP) is 3.84. The van der Waals surface area contributed by atoms with Crippen LogP contribution in [0.1, 0.15) is 18.9 Å². The normalized spacial score (nSPS) is 11.9. The minimum Gasteiger partial charge on any atom is -0.457 e. The summed E-state index contributed by atoms with van der Waals surface area (Å²) in [6.07, 6.45) is 1.98. The molecule has 0 fully saturated rings. The van der Waals surface area contributed by atoms with Gasteiger partial charge in [-0.25, -0.2) is 8.42 Å². The smallest absolute Gasteiger partial charge is 0.244 e. The zero-order valence-electron chi connectivity index (χ0n) is 21.3. The van der Waals surface area contributed by atoms with Gasteiger partial charge in [0.15, 0.2) is 0 Å². The van der Waals surface area contributed by atoms with Crippen molar-refractivity contribution < 1.29 is 22.7 Å². The Balaban J connectivity index is 1.83. The highest BCUT2D eigenvalue weighted by atomic mass is 32.2. The van der Waals surface area contributed by atoms with Crippen LogP contribution >= 0.6 is 0 Å². The molecule has 3 aromatic rings. The fourth-order valence-electron chi connectivity index (χ4n) is 3.98. The lowest BCUT2D eigenvalue weighted by Gasteiger charge is -2.32. The van der Waals surface area contributed by atoms with E-state index in [0.29, 0.717) is 30.0 Å². The van der Waals surface area contributed by atoms with E-state index in [9.17, 15) is 18.0 Å². The summed E-state index contributed by atoms with van der Waals surface area (Å²) in [5.41, 5.74) is 1.34. The number of para-hydroxylation sites is 1. The first-order chi connectivity index (χ1) is 17.7. The van der Waals surface area contributed by atoms with Crippen LogP contribution in [0.5, 0.6) is 11.5 Å². The van der Waals surface area contributed by atoms with Gasteiger partial charge in [-0.05, 0) is 54.8 Å². The van der Waals surface area contributed by atoms with Crippen LogP contribution in [-0.2, 0) is 26.0 Å². The highest BCUT2D eigenvalue weighted by Gasteiger charge is 2.31. The van der Waals surface area contributed by atoms with Crippen molar-refractivity contribution in [1.29, 1.82) is 0 Å². The quantitative estimate of drug-likeness (QED) is 0.389. The lowest BCUT2D eigenvalue weighted by Crippen LogP contribution is -2.52. The van der Waals surface area contributed by atoms with Gasteiger partial charge in [0.1, 0.15) is 24.1 Å². The van der Waals surface area contributed by atoms with Crippen LogP contribution in [-0.4, -0.2) is 57.6 Å². The molecule has 0 saturated heterocycles. The number of likely N-dealkylation sites (N-methyl/N-ethyl adjacent to an activating group) is 1. The van der Waals surface area contributed by atoms with Gasteiger partial charge in [-0.15, -0.1) is 0 Å². The summed E-state index contributed by atoms with van der Waals surface area (Å²) >= 11 is 0. The highest BCUT2D eigenvalue weighted by molar-refractivity contribution is 7.92. The number of rotatable bonds is 12. The Morgan fingerprint density at radius 1 is 0.892 bits per heavy atom. The van der Waals surface area contributed by atoms with Crippen molar-refractivity contribution in [2.24, 2.45) is 0 Å². The number of hydrogen-bond donors (Lipinski definition) is 1. The van der Waals surface area contributed by atoms with Crippen LogP contribution < -0.4 is 14.4 Å². The lowest BCUT2D eigenvalue weighted by atomic mass is 10.1. The van der Waals surface area contributed by atoms with Crippen LogP contribution in [0.25, 0.3) is 0 Å². The minimum atomic E-state index is -3.80. The van der Waals surface area contributed by atoms with Crippen molar-refractivity contribution in [3.8, 4) is 11.5 Å². The zero-order chi connectivity index (χ0) is 26.8. The molecule has 0 unspecified atom stereocenters. The summed E-state index contributed by atoms with van der Waals surface area (Å²) in [7, 11) is -2.28. The largest absolute Gasteiger partial charge is 0.457 e. The number of ether oxygens (including phenoxy) is 1. The molecule has 1 N–H and O–H groups in total. The molecule has 0 aromatic heterocycles. The molecule has 1 atom stereocenters. The van der Waals surface area contributed by atoms with Crippen LogP contribution in [0.3, 0.4) is 0 Å². The van der Waals surface area contributed by atoms with Gasteiger partial charge in [0.25, 0.3) is 0 Å². The summed E-state index contributed by atoms with van der Waals surface area (Å²) in [6, 6.07) is 24.6. The number of carbonyl (C=O) groups excluding carboxylic acids is 2. The summed E-state index contributed by atoms with van der Waals surface area (Å²) in [4.78, 5) is 27.6. The van der Waals surface area contributed by atoms with Gasteiger partial charge in [-0.3, -0.25) is 13.9 Å². The maximum atomic E-state index is 13.5. The van der Waals surface area contributed by atoms with E-state index in [2.05, 4.69) is 5.32 Å². The molecule has 9 heteroatoms. The third-order valence-electron chi connectivity index (χ3n) is 5.90. The molecule has 8 nitrogen and oxygen atoms in total. The molecule has 196 valence electrons. The Morgan fingerprint density at radius 3 is 2.00 bits per heavy atom. The van der Waals surface area contributed by atoms with E-state index in [-0.39, 0.29) is 12.5 Å². The number of nitrogens with one attached hydrogen (secondary N) is 1. The first-order valence-electron chi connectivity index (χ1n) is 12.1. The second kappa shape index (κ2) is 12.9.